The van der Waals surface area contributed by atoms with Crippen molar-refractivity contribution in [3.63, 3.8) is 0 Å². The molecule has 2 aromatic rings. The van der Waals surface area contributed by atoms with Crippen molar-refractivity contribution in [1.29, 1.82) is 0 Å². The van der Waals surface area contributed by atoms with Crippen LogP contribution in [0.5, 0.6) is 0 Å². The Balaban J connectivity index is 1.74. The molecular weight excluding hydrogens is 278 g/mol. The first-order valence-corrected chi connectivity index (χ1v) is 7.84. The first-order chi connectivity index (χ1) is 10.7. The highest BCUT2D eigenvalue weighted by Crippen LogP contribution is 2.24. The van der Waals surface area contributed by atoms with Gasteiger partial charge >= 0.3 is 0 Å². The molecule has 1 aromatic carbocycles. The van der Waals surface area contributed by atoms with E-state index in [2.05, 4.69) is 22.1 Å². The van der Waals surface area contributed by atoms with Gasteiger partial charge in [-0.1, -0.05) is 18.2 Å². The second-order valence-electron chi connectivity index (χ2n) is 6.09. The van der Waals surface area contributed by atoms with Crippen molar-refractivity contribution in [2.75, 3.05) is 19.7 Å². The van der Waals surface area contributed by atoms with Crippen molar-refractivity contribution in [2.45, 2.75) is 31.4 Å². The number of para-hydroxylation sites is 1. The summed E-state index contributed by atoms with van der Waals surface area (Å²) in [6.07, 6.45) is 5.92. The van der Waals surface area contributed by atoms with E-state index < -0.39 is 5.60 Å². The van der Waals surface area contributed by atoms with Crippen molar-refractivity contribution in [2.24, 2.45) is 0 Å². The average molecular weight is 301 g/mol. The summed E-state index contributed by atoms with van der Waals surface area (Å²) >= 11 is 0. The first kappa shape index (κ1) is 15.2. The van der Waals surface area contributed by atoms with Gasteiger partial charge in [-0.2, -0.15) is 5.10 Å². The van der Waals surface area contributed by atoms with E-state index in [0.717, 1.165) is 31.7 Å². The number of rotatable bonds is 4. The first-order valence-electron chi connectivity index (χ1n) is 7.84. The van der Waals surface area contributed by atoms with Gasteiger partial charge in [0.1, 0.15) is 0 Å². The van der Waals surface area contributed by atoms with Crippen molar-refractivity contribution in [3.8, 4) is 5.69 Å². The van der Waals surface area contributed by atoms with E-state index in [0.29, 0.717) is 12.8 Å². The lowest BCUT2D eigenvalue weighted by Gasteiger charge is -2.24. The molecule has 0 aliphatic carbocycles. The minimum absolute atomic E-state index is 0.148. The highest BCUT2D eigenvalue weighted by atomic mass is 16.3. The summed E-state index contributed by atoms with van der Waals surface area (Å²) in [6, 6.07) is 10.2. The van der Waals surface area contributed by atoms with Crippen LogP contribution in [-0.4, -0.2) is 50.2 Å². The van der Waals surface area contributed by atoms with Crippen LogP contribution in [0.3, 0.4) is 0 Å². The molecule has 118 valence electrons. The lowest BCUT2D eigenvalue weighted by atomic mass is 9.96. The average Bonchev–Trinajstić information content (AvgIpc) is 3.01. The van der Waals surface area contributed by atoms with Gasteiger partial charge in [-0.05, 0) is 43.5 Å². The second-order valence-corrected chi connectivity index (χ2v) is 6.09. The zero-order valence-corrected chi connectivity index (χ0v) is 12.7. The Labute approximate surface area is 130 Å². The molecule has 1 fully saturated rings. The van der Waals surface area contributed by atoms with Crippen LogP contribution in [0.1, 0.15) is 24.8 Å². The molecular formula is C17H23N3O2. The highest BCUT2D eigenvalue weighted by molar-refractivity contribution is 5.40. The minimum atomic E-state index is -0.906. The third kappa shape index (κ3) is 3.38. The third-order valence-corrected chi connectivity index (χ3v) is 4.44. The van der Waals surface area contributed by atoms with Gasteiger partial charge in [0.25, 0.3) is 0 Å². The molecule has 0 saturated carbocycles. The molecule has 0 amide bonds. The molecule has 2 heterocycles. The number of likely N-dealkylation sites (tertiary alicyclic amines) is 1. The number of hydrogen-bond donors (Lipinski definition) is 2. The molecule has 3 rings (SSSR count). The summed E-state index contributed by atoms with van der Waals surface area (Å²) in [5.74, 6) is 0. The van der Waals surface area contributed by atoms with Crippen molar-refractivity contribution in [1.82, 2.24) is 14.7 Å². The molecule has 2 N–H and O–H groups in total. The largest absolute Gasteiger partial charge is 0.393 e. The highest BCUT2D eigenvalue weighted by Gasteiger charge is 2.29. The molecule has 1 aliphatic rings. The summed E-state index contributed by atoms with van der Waals surface area (Å²) in [4.78, 5) is 2.34. The molecule has 1 atom stereocenters. The summed E-state index contributed by atoms with van der Waals surface area (Å²) < 4.78 is 1.89. The van der Waals surface area contributed by atoms with Crippen LogP contribution in [0, 0.1) is 0 Å². The standard InChI is InChI=1S/C17H23N3O2/c21-14-17(22)7-3-10-19(12-8-17)13-15-5-1-2-6-16(15)20-11-4-9-18-20/h1-2,4-6,9,11,21-22H,3,7-8,10,12-14H2/t17-/m0/s1. The van der Waals surface area contributed by atoms with Gasteiger partial charge in [-0.15, -0.1) is 0 Å². The molecule has 0 spiro atoms. The quantitative estimate of drug-likeness (QED) is 0.900. The maximum absolute atomic E-state index is 10.3. The zero-order chi connectivity index (χ0) is 15.4. The Bertz CT molecular complexity index is 600. The van der Waals surface area contributed by atoms with Gasteiger partial charge in [-0.3, -0.25) is 4.90 Å². The Morgan fingerprint density at radius 3 is 2.77 bits per heavy atom. The maximum atomic E-state index is 10.3. The van der Waals surface area contributed by atoms with Gasteiger partial charge in [0.2, 0.25) is 0 Å². The number of aliphatic hydroxyl groups is 2. The van der Waals surface area contributed by atoms with E-state index >= 15 is 0 Å². The molecule has 1 saturated heterocycles. The molecule has 0 unspecified atom stereocenters. The lowest BCUT2D eigenvalue weighted by molar-refractivity contribution is -0.0255. The zero-order valence-electron chi connectivity index (χ0n) is 12.7. The predicted octanol–water partition coefficient (Wildman–Crippen LogP) is 1.58. The molecule has 0 bridgehead atoms. The smallest absolute Gasteiger partial charge is 0.0890 e. The molecule has 1 aliphatic heterocycles. The van der Waals surface area contributed by atoms with Gasteiger partial charge in [0, 0.05) is 25.5 Å². The van der Waals surface area contributed by atoms with Gasteiger partial charge in [-0.25, -0.2) is 4.68 Å². The molecule has 0 radical (unpaired) electrons. The molecule has 1 aromatic heterocycles. The summed E-state index contributed by atoms with van der Waals surface area (Å²) in [7, 11) is 0. The summed E-state index contributed by atoms with van der Waals surface area (Å²) in [5.41, 5.74) is 1.41. The van der Waals surface area contributed by atoms with E-state index in [-0.39, 0.29) is 6.61 Å². The van der Waals surface area contributed by atoms with Gasteiger partial charge < -0.3 is 10.2 Å². The van der Waals surface area contributed by atoms with Gasteiger partial charge in [0.15, 0.2) is 0 Å². The molecule has 5 nitrogen and oxygen atoms in total. The van der Waals surface area contributed by atoms with Gasteiger partial charge in [0.05, 0.1) is 17.9 Å². The fraction of sp³-hybridized carbons (Fsp3) is 0.471. The Morgan fingerprint density at radius 2 is 2.00 bits per heavy atom. The number of aliphatic hydroxyl groups excluding tert-OH is 1. The predicted molar refractivity (Wildman–Crippen MR) is 84.7 cm³/mol. The lowest BCUT2D eigenvalue weighted by Crippen LogP contribution is -2.34. The number of aromatic nitrogens is 2. The van der Waals surface area contributed by atoms with Crippen LogP contribution in [-0.2, 0) is 6.54 Å². The van der Waals surface area contributed by atoms with E-state index in [9.17, 15) is 10.2 Å². The SMILES string of the molecule is OC[C@]1(O)CCCN(Cc2ccccc2-n2cccn2)CC1. The van der Waals surface area contributed by atoms with Crippen molar-refractivity contribution >= 4 is 0 Å². The van der Waals surface area contributed by atoms with Crippen LogP contribution in [0.25, 0.3) is 5.69 Å². The van der Waals surface area contributed by atoms with Crippen molar-refractivity contribution in [3.05, 3.63) is 48.3 Å². The number of benzene rings is 1. The number of hydrogen-bond acceptors (Lipinski definition) is 4. The Hall–Kier alpha value is -1.69. The fourth-order valence-corrected chi connectivity index (χ4v) is 3.07. The normalized spacial score (nSPS) is 23.4. The third-order valence-electron chi connectivity index (χ3n) is 4.44. The van der Waals surface area contributed by atoms with Crippen LogP contribution in [0.4, 0.5) is 0 Å². The van der Waals surface area contributed by atoms with Crippen LogP contribution >= 0.6 is 0 Å². The van der Waals surface area contributed by atoms with Crippen LogP contribution < -0.4 is 0 Å². The second kappa shape index (κ2) is 6.60. The summed E-state index contributed by atoms with van der Waals surface area (Å²) in [6.45, 7) is 2.42. The molecule has 5 heteroatoms. The van der Waals surface area contributed by atoms with E-state index in [4.69, 9.17) is 0 Å². The van der Waals surface area contributed by atoms with Crippen LogP contribution in [0.15, 0.2) is 42.7 Å². The Kier molecular flexibility index (Phi) is 4.57. The monoisotopic (exact) mass is 301 g/mol. The van der Waals surface area contributed by atoms with E-state index in [1.807, 2.05) is 29.1 Å². The Morgan fingerprint density at radius 1 is 1.14 bits per heavy atom. The van der Waals surface area contributed by atoms with Crippen LogP contribution in [0.2, 0.25) is 0 Å². The van der Waals surface area contributed by atoms with E-state index in [1.54, 1.807) is 6.20 Å². The van der Waals surface area contributed by atoms with Crippen molar-refractivity contribution < 1.29 is 10.2 Å². The number of nitrogens with zero attached hydrogens (tertiary/aromatic N) is 3. The van der Waals surface area contributed by atoms with E-state index in [1.165, 1.54) is 5.56 Å². The summed E-state index contributed by atoms with van der Waals surface area (Å²) in [5, 5.41) is 23.9. The fourth-order valence-electron chi connectivity index (χ4n) is 3.07. The topological polar surface area (TPSA) is 61.5 Å². The maximum Gasteiger partial charge on any atom is 0.0890 e. The minimum Gasteiger partial charge on any atom is -0.393 e. The molecule has 22 heavy (non-hydrogen) atoms.